The number of hydrogen-bond acceptors (Lipinski definition) is 6. The zero-order valence-electron chi connectivity index (χ0n) is 16.7. The van der Waals surface area contributed by atoms with Crippen molar-refractivity contribution in [1.29, 1.82) is 5.41 Å². The maximum absolute atomic E-state index is 10.0. The van der Waals surface area contributed by atoms with E-state index in [1.807, 2.05) is 26.0 Å². The van der Waals surface area contributed by atoms with E-state index < -0.39 is 0 Å². The van der Waals surface area contributed by atoms with E-state index in [4.69, 9.17) is 20.6 Å². The third-order valence-corrected chi connectivity index (χ3v) is 3.41. The fourth-order valence-corrected chi connectivity index (χ4v) is 1.97. The second-order valence-corrected chi connectivity index (χ2v) is 5.27. The topological polar surface area (TPSA) is 121 Å². The van der Waals surface area contributed by atoms with Crippen molar-refractivity contribution in [2.24, 2.45) is 10.7 Å². The minimum atomic E-state index is -0.188. The molecular weight excluding hydrogens is 348 g/mol. The first-order valence-electron chi connectivity index (χ1n) is 9.09. The summed E-state index contributed by atoms with van der Waals surface area (Å²) in [7, 11) is 0. The first-order valence-corrected chi connectivity index (χ1v) is 9.09. The molecule has 0 radical (unpaired) electrons. The highest BCUT2D eigenvalue weighted by molar-refractivity contribution is 6.36. The monoisotopic (exact) mass is 380 g/mol. The van der Waals surface area contributed by atoms with Gasteiger partial charge in [0.2, 0.25) is 12.3 Å². The van der Waals surface area contributed by atoms with E-state index >= 15 is 0 Å². The SMILES string of the molecule is CC.CCOC(=N)C(N)=NC1=C(O)C(C)=CCC=C1.O=CN1CCOCC1. The van der Waals surface area contributed by atoms with E-state index in [1.165, 1.54) is 0 Å². The Morgan fingerprint density at radius 1 is 1.44 bits per heavy atom. The van der Waals surface area contributed by atoms with Crippen LogP contribution in [0.3, 0.4) is 0 Å². The number of nitrogens with two attached hydrogens (primary N) is 1. The summed E-state index contributed by atoms with van der Waals surface area (Å²) in [5, 5.41) is 17.3. The fourth-order valence-electron chi connectivity index (χ4n) is 1.97. The molecule has 0 unspecified atom stereocenters. The van der Waals surface area contributed by atoms with E-state index in [1.54, 1.807) is 24.8 Å². The Labute approximate surface area is 161 Å². The van der Waals surface area contributed by atoms with Crippen molar-refractivity contribution in [3.05, 3.63) is 35.3 Å². The Kier molecular flexibility index (Phi) is 13.1. The average Bonchev–Trinajstić information content (AvgIpc) is 2.86. The molecule has 4 N–H and O–H groups in total. The average molecular weight is 380 g/mol. The fraction of sp³-hybridized carbons (Fsp3) is 0.526. The Bertz CT molecular complexity index is 589. The van der Waals surface area contributed by atoms with Gasteiger partial charge in [-0.05, 0) is 31.9 Å². The van der Waals surface area contributed by atoms with E-state index in [9.17, 15) is 9.90 Å². The highest BCUT2D eigenvalue weighted by atomic mass is 16.5. The van der Waals surface area contributed by atoms with Gasteiger partial charge in [-0.15, -0.1) is 0 Å². The molecule has 0 aromatic rings. The molecule has 0 aromatic heterocycles. The second-order valence-electron chi connectivity index (χ2n) is 5.27. The molecule has 27 heavy (non-hydrogen) atoms. The van der Waals surface area contributed by atoms with Gasteiger partial charge in [0.1, 0.15) is 11.5 Å². The molecule has 0 saturated carbocycles. The van der Waals surface area contributed by atoms with Crippen molar-refractivity contribution < 1.29 is 19.4 Å². The molecule has 1 saturated heterocycles. The van der Waals surface area contributed by atoms with Crippen LogP contribution in [0.15, 0.2) is 40.2 Å². The molecule has 0 spiro atoms. The van der Waals surface area contributed by atoms with Crippen LogP contribution in [-0.2, 0) is 14.3 Å². The van der Waals surface area contributed by atoms with E-state index in [-0.39, 0.29) is 17.5 Å². The minimum Gasteiger partial charge on any atom is -0.505 e. The summed E-state index contributed by atoms with van der Waals surface area (Å²) < 4.78 is 9.92. The van der Waals surface area contributed by atoms with Gasteiger partial charge in [0.15, 0.2) is 5.84 Å². The third-order valence-electron chi connectivity index (χ3n) is 3.41. The Morgan fingerprint density at radius 3 is 2.59 bits per heavy atom. The summed E-state index contributed by atoms with van der Waals surface area (Å²) in [6, 6.07) is 0. The van der Waals surface area contributed by atoms with Gasteiger partial charge in [0.05, 0.1) is 19.8 Å². The van der Waals surface area contributed by atoms with Gasteiger partial charge in [0, 0.05) is 13.1 Å². The highest BCUT2D eigenvalue weighted by Gasteiger charge is 2.09. The summed E-state index contributed by atoms with van der Waals surface area (Å²) in [6.45, 7) is 10.8. The first-order chi connectivity index (χ1) is 13.0. The number of carbonyl (C=O) groups is 1. The van der Waals surface area contributed by atoms with Crippen LogP contribution in [0.4, 0.5) is 0 Å². The molecule has 1 amide bonds. The molecule has 1 aliphatic heterocycles. The molecule has 8 heteroatoms. The Balaban J connectivity index is 0.000000562. The predicted octanol–water partition coefficient (Wildman–Crippen LogP) is 2.53. The Morgan fingerprint density at radius 2 is 2.07 bits per heavy atom. The van der Waals surface area contributed by atoms with Gasteiger partial charge in [-0.2, -0.15) is 0 Å². The van der Waals surface area contributed by atoms with Crippen LogP contribution in [0.1, 0.15) is 34.1 Å². The van der Waals surface area contributed by atoms with Gasteiger partial charge in [0.25, 0.3) is 0 Å². The number of nitrogens with one attached hydrogen (secondary N) is 1. The number of aliphatic hydroxyl groups excluding tert-OH is 1. The molecule has 0 atom stereocenters. The van der Waals surface area contributed by atoms with Crippen LogP contribution in [0, 0.1) is 5.41 Å². The number of morpholine rings is 1. The molecular formula is C19H32N4O4. The normalized spacial score (nSPS) is 16.8. The van der Waals surface area contributed by atoms with E-state index in [2.05, 4.69) is 4.99 Å². The van der Waals surface area contributed by atoms with Crippen molar-refractivity contribution in [2.75, 3.05) is 32.9 Å². The smallest absolute Gasteiger partial charge is 0.249 e. The number of hydrogen-bond donors (Lipinski definition) is 3. The van der Waals surface area contributed by atoms with E-state index in [0.717, 1.165) is 31.5 Å². The summed E-state index contributed by atoms with van der Waals surface area (Å²) in [6.07, 6.45) is 7.02. The number of allylic oxidation sites excluding steroid dienone is 4. The molecule has 0 bridgehead atoms. The van der Waals surface area contributed by atoms with Crippen molar-refractivity contribution in [3.8, 4) is 0 Å². The standard InChI is InChI=1S/C12H17N3O2.C5H9NO2.C2H6/c1-3-17-12(14)11(13)15-9-7-5-4-6-8(2)10(9)16;7-5-6-1-3-8-4-2-6;1-2/h5-7,14,16H,3-4H2,1-2H3,(H2,13,15);5H,1-4H2;1-2H3. The van der Waals surface area contributed by atoms with Gasteiger partial charge in [-0.25, -0.2) is 4.99 Å². The summed E-state index contributed by atoms with van der Waals surface area (Å²) in [5.41, 5.74) is 6.68. The van der Waals surface area contributed by atoms with Gasteiger partial charge < -0.3 is 25.2 Å². The summed E-state index contributed by atoms with van der Waals surface area (Å²) in [4.78, 5) is 15.7. The summed E-state index contributed by atoms with van der Waals surface area (Å²) in [5.74, 6) is -0.161. The lowest BCUT2D eigenvalue weighted by Crippen LogP contribution is -2.34. The number of aliphatic imine (C=N–C) groups is 1. The second kappa shape index (κ2) is 14.5. The van der Waals surface area contributed by atoms with Crippen LogP contribution in [0.2, 0.25) is 0 Å². The van der Waals surface area contributed by atoms with Gasteiger partial charge in [-0.1, -0.05) is 26.0 Å². The van der Waals surface area contributed by atoms with E-state index in [0.29, 0.717) is 25.5 Å². The molecule has 8 nitrogen and oxygen atoms in total. The molecule has 152 valence electrons. The van der Waals surface area contributed by atoms with Crippen LogP contribution in [-0.4, -0.2) is 61.1 Å². The number of amides is 1. The summed E-state index contributed by atoms with van der Waals surface area (Å²) >= 11 is 0. The van der Waals surface area contributed by atoms with Gasteiger partial charge >= 0.3 is 0 Å². The third kappa shape index (κ3) is 9.60. The van der Waals surface area contributed by atoms with Crippen molar-refractivity contribution >= 4 is 18.1 Å². The number of amidine groups is 1. The van der Waals surface area contributed by atoms with Gasteiger partial charge in [-0.3, -0.25) is 10.2 Å². The highest BCUT2D eigenvalue weighted by Crippen LogP contribution is 2.18. The van der Waals surface area contributed by atoms with Crippen LogP contribution in [0.5, 0.6) is 0 Å². The number of ether oxygens (including phenoxy) is 2. The lowest BCUT2D eigenvalue weighted by molar-refractivity contribution is -0.121. The zero-order chi connectivity index (χ0) is 20.7. The lowest BCUT2D eigenvalue weighted by atomic mass is 10.2. The first kappa shape index (κ1) is 24.4. The minimum absolute atomic E-state index is 0.0484. The van der Waals surface area contributed by atoms with Crippen molar-refractivity contribution in [2.45, 2.75) is 34.1 Å². The molecule has 2 aliphatic rings. The maximum atomic E-state index is 10.0. The molecule has 0 aromatic carbocycles. The van der Waals surface area contributed by atoms with Crippen LogP contribution in [0.25, 0.3) is 0 Å². The number of nitrogens with zero attached hydrogens (tertiary/aromatic N) is 2. The molecule has 1 aliphatic carbocycles. The predicted molar refractivity (Wildman–Crippen MR) is 108 cm³/mol. The maximum Gasteiger partial charge on any atom is 0.249 e. The van der Waals surface area contributed by atoms with Crippen molar-refractivity contribution in [1.82, 2.24) is 4.90 Å². The molecule has 1 heterocycles. The number of carbonyl (C=O) groups excluding carboxylic acids is 1. The zero-order valence-corrected chi connectivity index (χ0v) is 16.7. The largest absolute Gasteiger partial charge is 0.505 e. The lowest BCUT2D eigenvalue weighted by Gasteiger charge is -2.21. The van der Waals surface area contributed by atoms with Crippen molar-refractivity contribution in [3.63, 3.8) is 0 Å². The number of aliphatic hydroxyl groups is 1. The quantitative estimate of drug-likeness (QED) is 0.395. The van der Waals surface area contributed by atoms with Crippen LogP contribution < -0.4 is 5.73 Å². The molecule has 2 rings (SSSR count). The molecule has 1 fully saturated rings. The Hall–Kier alpha value is -2.61. The number of rotatable bonds is 3. The van der Waals surface area contributed by atoms with Crippen LogP contribution >= 0.6 is 0 Å².